The van der Waals surface area contributed by atoms with Gasteiger partial charge in [0.1, 0.15) is 6.10 Å². The maximum Gasteiger partial charge on any atom is 0.306 e. The maximum atomic E-state index is 13.1. The van der Waals surface area contributed by atoms with Crippen LogP contribution in [0.4, 0.5) is 0 Å². The van der Waals surface area contributed by atoms with Crippen molar-refractivity contribution in [2.24, 2.45) is 0 Å². The molecule has 0 aromatic heterocycles. The number of aliphatic hydroxyl groups excluding tert-OH is 2. The summed E-state index contributed by atoms with van der Waals surface area (Å²) >= 11 is 0. The Labute approximate surface area is 327 Å². The Kier molecular flexibility index (Phi) is 38.9. The summed E-state index contributed by atoms with van der Waals surface area (Å²) < 4.78 is 5.85. The van der Waals surface area contributed by atoms with Crippen LogP contribution < -0.4 is 5.32 Å². The smallest absolute Gasteiger partial charge is 0.306 e. The molecule has 0 aliphatic heterocycles. The number of nitrogens with one attached hydrogen (secondary N) is 1. The quantitative estimate of drug-likeness (QED) is 0.0253. The van der Waals surface area contributed by atoms with Crippen LogP contribution in [0.3, 0.4) is 0 Å². The number of hydrogen-bond donors (Lipinski definition) is 3. The van der Waals surface area contributed by atoms with Gasteiger partial charge in [-0.25, -0.2) is 0 Å². The van der Waals surface area contributed by atoms with Crippen molar-refractivity contribution in [3.8, 4) is 0 Å². The van der Waals surface area contributed by atoms with Gasteiger partial charge in [-0.2, -0.15) is 0 Å². The van der Waals surface area contributed by atoms with E-state index in [2.05, 4.69) is 56.5 Å². The number of rotatable bonds is 38. The lowest BCUT2D eigenvalue weighted by Gasteiger charge is -2.24. The van der Waals surface area contributed by atoms with Crippen molar-refractivity contribution in [3.05, 3.63) is 60.8 Å². The van der Waals surface area contributed by atoms with E-state index >= 15 is 0 Å². The van der Waals surface area contributed by atoms with E-state index in [1.807, 2.05) is 30.4 Å². The molecule has 6 nitrogen and oxygen atoms in total. The monoisotopic (exact) mass is 742 g/mol. The minimum absolute atomic E-state index is 0.0388. The second kappa shape index (κ2) is 40.7. The Balaban J connectivity index is 4.71. The molecule has 53 heavy (non-hydrogen) atoms. The summed E-state index contributed by atoms with van der Waals surface area (Å²) in [5.74, 6) is -0.556. The summed E-state index contributed by atoms with van der Waals surface area (Å²) in [6.45, 7) is 6.28. The van der Waals surface area contributed by atoms with Crippen LogP contribution in [-0.2, 0) is 14.3 Å². The van der Waals surface area contributed by atoms with Gasteiger partial charge in [-0.1, -0.05) is 184 Å². The first-order valence-corrected chi connectivity index (χ1v) is 22.1. The van der Waals surface area contributed by atoms with Crippen LogP contribution >= 0.6 is 0 Å². The number of hydrogen-bond acceptors (Lipinski definition) is 5. The Morgan fingerprint density at radius 2 is 1.06 bits per heavy atom. The van der Waals surface area contributed by atoms with Crippen LogP contribution in [-0.4, -0.2) is 46.9 Å². The summed E-state index contributed by atoms with van der Waals surface area (Å²) in [4.78, 5) is 25.9. The summed E-state index contributed by atoms with van der Waals surface area (Å²) in [5.41, 5.74) is 0. The van der Waals surface area contributed by atoms with Crippen molar-refractivity contribution in [3.63, 3.8) is 0 Å². The molecule has 0 spiro atoms. The highest BCUT2D eigenvalue weighted by Gasteiger charge is 2.24. The number of esters is 1. The SMILES string of the molecule is CC/C=C/C=C/C=C\C=C/CCCCCC(=O)OC(CCC/C=C\CCCCCCCC)CC(=O)NC(CO)C(O)CCCCCCCCCCCC. The molecule has 0 aromatic carbocycles. The zero-order chi connectivity index (χ0) is 38.9. The molecule has 0 fully saturated rings. The lowest BCUT2D eigenvalue weighted by atomic mass is 10.0. The normalized spacial score (nSPS) is 14.0. The van der Waals surface area contributed by atoms with Crippen LogP contribution in [0, 0.1) is 0 Å². The molecule has 0 rings (SSSR count). The van der Waals surface area contributed by atoms with Crippen LogP contribution in [0.1, 0.15) is 201 Å². The van der Waals surface area contributed by atoms with E-state index in [-0.39, 0.29) is 24.9 Å². The topological polar surface area (TPSA) is 95.9 Å². The zero-order valence-corrected chi connectivity index (χ0v) is 34.6. The van der Waals surface area contributed by atoms with Crippen molar-refractivity contribution < 1.29 is 24.5 Å². The van der Waals surface area contributed by atoms with Crippen molar-refractivity contribution in [1.29, 1.82) is 0 Å². The molecular formula is C47H83NO5. The largest absolute Gasteiger partial charge is 0.462 e. The fourth-order valence-electron chi connectivity index (χ4n) is 6.32. The first-order valence-electron chi connectivity index (χ1n) is 22.1. The third kappa shape index (κ3) is 36.3. The Bertz CT molecular complexity index is 968. The fourth-order valence-corrected chi connectivity index (χ4v) is 6.32. The number of carbonyl (C=O) groups is 2. The highest BCUT2D eigenvalue weighted by Crippen LogP contribution is 2.16. The first kappa shape index (κ1) is 50.6. The van der Waals surface area contributed by atoms with Crippen LogP contribution in [0.2, 0.25) is 0 Å². The maximum absolute atomic E-state index is 13.1. The van der Waals surface area contributed by atoms with Crippen molar-refractivity contribution in [2.45, 2.75) is 219 Å². The minimum atomic E-state index is -0.800. The number of allylic oxidation sites excluding steroid dienone is 10. The van der Waals surface area contributed by atoms with Gasteiger partial charge < -0.3 is 20.3 Å². The fraction of sp³-hybridized carbons (Fsp3) is 0.745. The number of carbonyl (C=O) groups excluding carboxylic acids is 2. The molecule has 0 radical (unpaired) electrons. The van der Waals surface area contributed by atoms with Gasteiger partial charge in [-0.3, -0.25) is 9.59 Å². The predicted octanol–water partition coefficient (Wildman–Crippen LogP) is 12.5. The molecule has 306 valence electrons. The van der Waals surface area contributed by atoms with E-state index in [9.17, 15) is 19.8 Å². The number of aliphatic hydroxyl groups is 2. The van der Waals surface area contributed by atoms with Crippen LogP contribution in [0.25, 0.3) is 0 Å². The average Bonchev–Trinajstić information content (AvgIpc) is 3.15. The van der Waals surface area contributed by atoms with Crippen molar-refractivity contribution in [1.82, 2.24) is 5.32 Å². The summed E-state index contributed by atoms with van der Waals surface area (Å²) in [6.07, 6.45) is 48.5. The van der Waals surface area contributed by atoms with E-state index < -0.39 is 18.2 Å². The van der Waals surface area contributed by atoms with Crippen LogP contribution in [0.15, 0.2) is 60.8 Å². The van der Waals surface area contributed by atoms with Gasteiger partial charge in [-0.05, 0) is 64.2 Å². The summed E-state index contributed by atoms with van der Waals surface area (Å²) in [7, 11) is 0. The van der Waals surface area contributed by atoms with E-state index in [4.69, 9.17) is 4.74 Å². The number of unbranched alkanes of at least 4 members (excludes halogenated alkanes) is 19. The molecule has 0 saturated carbocycles. The lowest BCUT2D eigenvalue weighted by molar-refractivity contribution is -0.151. The van der Waals surface area contributed by atoms with E-state index in [0.29, 0.717) is 19.3 Å². The number of amides is 1. The molecule has 0 aliphatic carbocycles. The van der Waals surface area contributed by atoms with Gasteiger partial charge in [0.05, 0.1) is 25.2 Å². The van der Waals surface area contributed by atoms with Gasteiger partial charge >= 0.3 is 5.97 Å². The van der Waals surface area contributed by atoms with Crippen molar-refractivity contribution in [2.75, 3.05) is 6.61 Å². The zero-order valence-electron chi connectivity index (χ0n) is 34.6. The Hall–Kier alpha value is -2.44. The molecule has 3 unspecified atom stereocenters. The van der Waals surface area contributed by atoms with Gasteiger partial charge in [0.15, 0.2) is 0 Å². The van der Waals surface area contributed by atoms with Crippen molar-refractivity contribution >= 4 is 11.9 Å². The van der Waals surface area contributed by atoms with E-state index in [0.717, 1.165) is 70.6 Å². The second-order valence-electron chi connectivity index (χ2n) is 14.8. The molecule has 6 heteroatoms. The summed E-state index contributed by atoms with van der Waals surface area (Å²) in [5, 5.41) is 23.5. The van der Waals surface area contributed by atoms with Crippen LogP contribution in [0.5, 0.6) is 0 Å². The van der Waals surface area contributed by atoms with E-state index in [1.54, 1.807) is 0 Å². The highest BCUT2D eigenvalue weighted by atomic mass is 16.5. The molecule has 3 N–H and O–H groups in total. The second-order valence-corrected chi connectivity index (χ2v) is 14.8. The van der Waals surface area contributed by atoms with E-state index in [1.165, 1.54) is 83.5 Å². The lowest BCUT2D eigenvalue weighted by Crippen LogP contribution is -2.46. The van der Waals surface area contributed by atoms with Gasteiger partial charge in [0.25, 0.3) is 0 Å². The third-order valence-corrected chi connectivity index (χ3v) is 9.68. The standard InChI is InChI=1S/C47H83NO5/c1-4-7-10-13-16-19-22-23-25-28-31-34-37-40-47(52)53-43(38-35-32-29-26-24-20-17-14-11-8-5-2)41-46(51)48-44(42-49)45(50)39-36-33-30-27-21-18-15-12-9-6-3/h7,10,13,16,19,22-23,25-26,29,43-45,49-50H,4-6,8-9,11-12,14-15,17-18,20-21,24,27-28,30-42H2,1-3H3,(H,48,51)/b10-7+,16-13+,22-19-,25-23-,29-26-. The summed E-state index contributed by atoms with van der Waals surface area (Å²) in [6, 6.07) is -0.716. The first-order chi connectivity index (χ1) is 26.0. The minimum Gasteiger partial charge on any atom is -0.462 e. The van der Waals surface area contributed by atoms with Gasteiger partial charge in [0, 0.05) is 6.42 Å². The molecule has 0 aliphatic rings. The molecule has 0 heterocycles. The van der Waals surface area contributed by atoms with Gasteiger partial charge in [0.2, 0.25) is 5.91 Å². The molecule has 3 atom stereocenters. The highest BCUT2D eigenvalue weighted by molar-refractivity contribution is 5.77. The molecule has 1 amide bonds. The predicted molar refractivity (Wildman–Crippen MR) is 227 cm³/mol. The molecule has 0 bridgehead atoms. The molecule has 0 saturated heterocycles. The Morgan fingerprint density at radius 1 is 0.566 bits per heavy atom. The molecular weight excluding hydrogens is 659 g/mol. The number of ether oxygens (including phenoxy) is 1. The Morgan fingerprint density at radius 3 is 1.64 bits per heavy atom. The third-order valence-electron chi connectivity index (χ3n) is 9.68. The average molecular weight is 742 g/mol. The van der Waals surface area contributed by atoms with Gasteiger partial charge in [-0.15, -0.1) is 0 Å². The molecule has 0 aromatic rings.